The number of carboxylic acids is 2. The summed E-state index contributed by atoms with van der Waals surface area (Å²) in [5.74, 6) is 2.28. The Balaban J connectivity index is 3.51. The monoisotopic (exact) mass is 142 g/mol. The van der Waals surface area contributed by atoms with E-state index in [9.17, 15) is 9.59 Å². The third-order valence-corrected chi connectivity index (χ3v) is 0.604. The number of carbonyl (C=O) groups is 2. The average Bonchev–Trinajstić information content (AvgIpc) is 1.79. The lowest BCUT2D eigenvalue weighted by Gasteiger charge is -1.78. The molecule has 4 nitrogen and oxygen atoms in total. The molecule has 0 spiro atoms. The van der Waals surface area contributed by atoms with Crippen LogP contribution in [0, 0.1) is 11.8 Å². The van der Waals surface area contributed by atoms with Gasteiger partial charge in [-0.3, -0.25) is 9.59 Å². The molecule has 0 heterocycles. The van der Waals surface area contributed by atoms with Crippen LogP contribution >= 0.6 is 0 Å². The summed E-state index contributed by atoms with van der Waals surface area (Å²) in [5.41, 5.74) is 0. The van der Waals surface area contributed by atoms with Crippen LogP contribution in [-0.2, 0) is 9.59 Å². The van der Waals surface area contributed by atoms with E-state index in [0.29, 0.717) is 0 Å². The Morgan fingerprint density at radius 2 is 1.30 bits per heavy atom. The van der Waals surface area contributed by atoms with Crippen molar-refractivity contribution in [2.45, 2.75) is 12.8 Å². The van der Waals surface area contributed by atoms with Gasteiger partial charge in [-0.25, -0.2) is 0 Å². The third kappa shape index (κ3) is 6.50. The van der Waals surface area contributed by atoms with Gasteiger partial charge in [0.25, 0.3) is 0 Å². The Kier molecular flexibility index (Phi) is 3.73. The highest BCUT2D eigenvalue weighted by Crippen LogP contribution is 1.77. The van der Waals surface area contributed by atoms with Crippen LogP contribution in [0.5, 0.6) is 0 Å². The van der Waals surface area contributed by atoms with E-state index < -0.39 is 11.9 Å². The molecule has 0 atom stereocenters. The van der Waals surface area contributed by atoms with E-state index in [0.717, 1.165) is 0 Å². The predicted octanol–water partition coefficient (Wildman–Crippen LogP) is -0.0608. The average molecular weight is 142 g/mol. The summed E-state index contributed by atoms with van der Waals surface area (Å²) in [6.45, 7) is 0. The zero-order valence-electron chi connectivity index (χ0n) is 5.13. The predicted molar refractivity (Wildman–Crippen MR) is 32.3 cm³/mol. The second-order valence-corrected chi connectivity index (χ2v) is 1.49. The molecule has 0 amide bonds. The molecule has 0 aliphatic carbocycles. The molecule has 0 aromatic rings. The topological polar surface area (TPSA) is 74.6 Å². The highest BCUT2D eigenvalue weighted by Gasteiger charge is 1.90. The van der Waals surface area contributed by atoms with Crippen LogP contribution < -0.4 is 0 Å². The first-order valence-electron chi connectivity index (χ1n) is 2.52. The lowest BCUT2D eigenvalue weighted by Crippen LogP contribution is -1.92. The van der Waals surface area contributed by atoms with Gasteiger partial charge >= 0.3 is 11.9 Å². The lowest BCUT2D eigenvalue weighted by atomic mass is 10.4. The van der Waals surface area contributed by atoms with Crippen molar-refractivity contribution in [1.82, 2.24) is 0 Å². The molecule has 10 heavy (non-hydrogen) atoms. The second kappa shape index (κ2) is 4.39. The van der Waals surface area contributed by atoms with Crippen LogP contribution in [0.1, 0.15) is 12.8 Å². The molecule has 2 N–H and O–H groups in total. The number of aliphatic carboxylic acids is 2. The molecule has 0 aromatic heterocycles. The maximum Gasteiger partial charge on any atom is 0.315 e. The Hall–Kier alpha value is -1.50. The van der Waals surface area contributed by atoms with Crippen LogP contribution in [0.25, 0.3) is 0 Å². The number of hydrogen-bond donors (Lipinski definition) is 2. The van der Waals surface area contributed by atoms with E-state index in [-0.39, 0.29) is 12.8 Å². The van der Waals surface area contributed by atoms with Crippen LogP contribution in [-0.4, -0.2) is 22.2 Å². The fraction of sp³-hybridized carbons (Fsp3) is 0.333. The van der Waals surface area contributed by atoms with Crippen molar-refractivity contribution in [3.63, 3.8) is 0 Å². The Morgan fingerprint density at radius 3 is 1.50 bits per heavy atom. The van der Waals surface area contributed by atoms with Crippen LogP contribution in [0.2, 0.25) is 0 Å². The zero-order chi connectivity index (χ0) is 7.98. The molecule has 0 aromatic carbocycles. The Bertz CT molecular complexity index is 176. The van der Waals surface area contributed by atoms with Crippen molar-refractivity contribution >= 4 is 11.9 Å². The minimum Gasteiger partial charge on any atom is -0.481 e. The SMILES string of the molecule is O=C(O)CC#CCC(=O)O. The minimum absolute atomic E-state index is 0.298. The zero-order valence-corrected chi connectivity index (χ0v) is 5.13. The van der Waals surface area contributed by atoms with Crippen molar-refractivity contribution < 1.29 is 19.8 Å². The van der Waals surface area contributed by atoms with Crippen molar-refractivity contribution in [3.8, 4) is 11.8 Å². The maximum atomic E-state index is 9.79. The highest BCUT2D eigenvalue weighted by molar-refractivity contribution is 5.72. The van der Waals surface area contributed by atoms with E-state index in [1.54, 1.807) is 0 Å². The molecular weight excluding hydrogens is 136 g/mol. The Labute approximate surface area is 57.5 Å². The van der Waals surface area contributed by atoms with Gasteiger partial charge in [0.1, 0.15) is 12.8 Å². The van der Waals surface area contributed by atoms with E-state index in [2.05, 4.69) is 11.8 Å². The summed E-state index contributed by atoms with van der Waals surface area (Å²) in [7, 11) is 0. The highest BCUT2D eigenvalue weighted by atomic mass is 16.4. The second-order valence-electron chi connectivity index (χ2n) is 1.49. The summed E-state index contributed by atoms with van der Waals surface area (Å²) in [4.78, 5) is 19.6. The largest absolute Gasteiger partial charge is 0.481 e. The van der Waals surface area contributed by atoms with Crippen molar-refractivity contribution in [2.24, 2.45) is 0 Å². The molecule has 0 rings (SSSR count). The third-order valence-electron chi connectivity index (χ3n) is 0.604. The van der Waals surface area contributed by atoms with E-state index in [1.807, 2.05) is 0 Å². The van der Waals surface area contributed by atoms with Gasteiger partial charge in [0.2, 0.25) is 0 Å². The quantitative estimate of drug-likeness (QED) is 0.529. The van der Waals surface area contributed by atoms with Crippen molar-refractivity contribution in [3.05, 3.63) is 0 Å². The lowest BCUT2D eigenvalue weighted by molar-refractivity contribution is -0.137. The number of rotatable bonds is 2. The first-order chi connectivity index (χ1) is 4.63. The van der Waals surface area contributed by atoms with Gasteiger partial charge in [-0.15, -0.1) is 0 Å². The molecular formula is C6H6O4. The summed E-state index contributed by atoms with van der Waals surface area (Å²) >= 11 is 0. The molecule has 0 unspecified atom stereocenters. The molecule has 0 aliphatic rings. The van der Waals surface area contributed by atoms with Gasteiger partial charge in [0.15, 0.2) is 0 Å². The van der Waals surface area contributed by atoms with Gasteiger partial charge in [-0.05, 0) is 0 Å². The Morgan fingerprint density at radius 1 is 1.00 bits per heavy atom. The van der Waals surface area contributed by atoms with E-state index in [1.165, 1.54) is 0 Å². The fourth-order valence-corrected chi connectivity index (χ4v) is 0.276. The smallest absolute Gasteiger partial charge is 0.315 e. The normalized spacial score (nSPS) is 7.60. The summed E-state index contributed by atoms with van der Waals surface area (Å²) < 4.78 is 0. The molecule has 54 valence electrons. The molecule has 0 saturated carbocycles. The van der Waals surface area contributed by atoms with Crippen LogP contribution in [0.4, 0.5) is 0 Å². The molecule has 0 saturated heterocycles. The molecule has 0 fully saturated rings. The summed E-state index contributed by atoms with van der Waals surface area (Å²) in [6, 6.07) is 0. The van der Waals surface area contributed by atoms with Gasteiger partial charge in [-0.1, -0.05) is 11.8 Å². The van der Waals surface area contributed by atoms with Gasteiger partial charge in [-0.2, -0.15) is 0 Å². The van der Waals surface area contributed by atoms with E-state index >= 15 is 0 Å². The minimum atomic E-state index is -1.04. The number of hydrogen-bond acceptors (Lipinski definition) is 2. The maximum absolute atomic E-state index is 9.79. The summed E-state index contributed by atoms with van der Waals surface area (Å²) in [6.07, 6.45) is -0.597. The molecule has 0 aliphatic heterocycles. The molecule has 4 heteroatoms. The first kappa shape index (κ1) is 8.50. The molecule has 0 bridgehead atoms. The van der Waals surface area contributed by atoms with Crippen molar-refractivity contribution in [1.29, 1.82) is 0 Å². The van der Waals surface area contributed by atoms with Crippen molar-refractivity contribution in [2.75, 3.05) is 0 Å². The number of carboxylic acid groups (broad SMARTS) is 2. The van der Waals surface area contributed by atoms with Gasteiger partial charge in [0, 0.05) is 0 Å². The molecule has 0 radical (unpaired) electrons. The van der Waals surface area contributed by atoms with Crippen LogP contribution in [0.3, 0.4) is 0 Å². The fourth-order valence-electron chi connectivity index (χ4n) is 0.276. The van der Waals surface area contributed by atoms with Crippen LogP contribution in [0.15, 0.2) is 0 Å². The van der Waals surface area contributed by atoms with Gasteiger partial charge in [0.05, 0.1) is 0 Å². The summed E-state index contributed by atoms with van der Waals surface area (Å²) in [5, 5.41) is 16.1. The van der Waals surface area contributed by atoms with E-state index in [4.69, 9.17) is 10.2 Å². The van der Waals surface area contributed by atoms with Gasteiger partial charge < -0.3 is 10.2 Å². The standard InChI is InChI=1S/C6H6O4/c7-5(8)3-1-2-4-6(9)10/h3-4H2,(H,7,8)(H,9,10). The first-order valence-corrected chi connectivity index (χ1v) is 2.52.